The first-order valence-electron chi connectivity index (χ1n) is 7.37. The average Bonchev–Trinajstić information content (AvgIpc) is 2.78. The summed E-state index contributed by atoms with van der Waals surface area (Å²) in [7, 11) is 0. The second kappa shape index (κ2) is 5.43. The third kappa shape index (κ3) is 2.41. The Bertz CT molecular complexity index is 452. The molecule has 0 radical (unpaired) electrons. The van der Waals surface area contributed by atoms with E-state index in [0.717, 1.165) is 63.4 Å². The van der Waals surface area contributed by atoms with Gasteiger partial charge < -0.3 is 14.6 Å². The van der Waals surface area contributed by atoms with Crippen molar-refractivity contribution < 1.29 is 5.11 Å². The first-order valence-corrected chi connectivity index (χ1v) is 7.74. The molecule has 2 aliphatic heterocycles. The summed E-state index contributed by atoms with van der Waals surface area (Å²) in [6, 6.07) is 0. The molecule has 106 valence electrons. The molecule has 0 aliphatic carbocycles. The number of fused-ring (bicyclic) bond motifs is 1. The Morgan fingerprint density at radius 2 is 2.00 bits per heavy atom. The van der Waals surface area contributed by atoms with Crippen LogP contribution in [0.15, 0.2) is 0 Å². The molecular weight excluding hydrogens is 262 g/mol. The number of rotatable bonds is 2. The van der Waals surface area contributed by atoms with Gasteiger partial charge in [0.1, 0.15) is 5.82 Å². The highest BCUT2D eigenvalue weighted by Gasteiger charge is 2.30. The number of nitrogens with zero attached hydrogens (tertiary/aromatic N) is 3. The van der Waals surface area contributed by atoms with E-state index in [1.165, 1.54) is 0 Å². The van der Waals surface area contributed by atoms with E-state index in [0.29, 0.717) is 11.1 Å². The molecule has 3 rings (SSSR count). The lowest BCUT2D eigenvalue weighted by atomic mass is 9.95. The summed E-state index contributed by atoms with van der Waals surface area (Å²) in [4.78, 5) is 7.05. The van der Waals surface area contributed by atoms with Crippen molar-refractivity contribution in [2.45, 2.75) is 51.2 Å². The first kappa shape index (κ1) is 13.4. The molecule has 0 amide bonds. The number of piperidine rings is 1. The van der Waals surface area contributed by atoms with Crippen LogP contribution in [-0.4, -0.2) is 39.2 Å². The van der Waals surface area contributed by atoms with Gasteiger partial charge in [-0.3, -0.25) is 0 Å². The van der Waals surface area contributed by atoms with Gasteiger partial charge in [0, 0.05) is 12.5 Å². The molecule has 4 nitrogen and oxygen atoms in total. The minimum atomic E-state index is -0.432. The van der Waals surface area contributed by atoms with Gasteiger partial charge in [-0.05, 0) is 45.3 Å². The third-order valence-corrected chi connectivity index (χ3v) is 4.84. The molecule has 3 heterocycles. The van der Waals surface area contributed by atoms with Gasteiger partial charge in [0.15, 0.2) is 5.15 Å². The number of likely N-dealkylation sites (tertiary alicyclic amines) is 1. The van der Waals surface area contributed by atoms with Gasteiger partial charge in [0.2, 0.25) is 0 Å². The topological polar surface area (TPSA) is 41.3 Å². The molecule has 1 unspecified atom stereocenters. The summed E-state index contributed by atoms with van der Waals surface area (Å²) in [5.74, 6) is 1.61. The number of halogens is 1. The van der Waals surface area contributed by atoms with Crippen molar-refractivity contribution in [1.29, 1.82) is 0 Å². The van der Waals surface area contributed by atoms with Crippen LogP contribution >= 0.6 is 11.6 Å². The Kier molecular flexibility index (Phi) is 3.83. The van der Waals surface area contributed by atoms with E-state index in [1.54, 1.807) is 0 Å². The van der Waals surface area contributed by atoms with Crippen LogP contribution in [-0.2, 0) is 6.54 Å². The second-order valence-electron chi connectivity index (χ2n) is 5.66. The van der Waals surface area contributed by atoms with Crippen molar-refractivity contribution in [2.75, 3.05) is 19.6 Å². The molecule has 2 aliphatic rings. The number of hydrogen-bond donors (Lipinski definition) is 1. The molecule has 0 spiro atoms. The van der Waals surface area contributed by atoms with Crippen LogP contribution < -0.4 is 0 Å². The maximum absolute atomic E-state index is 10.1. The molecule has 1 atom stereocenters. The molecule has 0 bridgehead atoms. The van der Waals surface area contributed by atoms with Crippen molar-refractivity contribution >= 4 is 11.6 Å². The lowest BCUT2D eigenvalue weighted by Gasteiger charge is -2.31. The Balaban J connectivity index is 1.84. The van der Waals surface area contributed by atoms with E-state index in [9.17, 15) is 5.11 Å². The predicted octanol–water partition coefficient (Wildman–Crippen LogP) is 2.56. The van der Waals surface area contributed by atoms with Crippen molar-refractivity contribution in [3.8, 4) is 0 Å². The van der Waals surface area contributed by atoms with Crippen molar-refractivity contribution in [2.24, 2.45) is 0 Å². The van der Waals surface area contributed by atoms with Crippen molar-refractivity contribution in [1.82, 2.24) is 14.5 Å². The van der Waals surface area contributed by atoms with Gasteiger partial charge >= 0.3 is 0 Å². The van der Waals surface area contributed by atoms with E-state index < -0.39 is 6.10 Å². The molecule has 1 aromatic heterocycles. The van der Waals surface area contributed by atoms with Gasteiger partial charge in [0.25, 0.3) is 0 Å². The molecule has 1 aromatic rings. The van der Waals surface area contributed by atoms with Crippen molar-refractivity contribution in [3.63, 3.8) is 0 Å². The first-order chi connectivity index (χ1) is 9.20. The molecule has 0 saturated carbocycles. The highest BCUT2D eigenvalue weighted by Crippen LogP contribution is 2.36. The molecule has 1 N–H and O–H groups in total. The minimum Gasteiger partial charge on any atom is -0.387 e. The minimum absolute atomic E-state index is 0.432. The monoisotopic (exact) mass is 283 g/mol. The van der Waals surface area contributed by atoms with E-state index in [2.05, 4.69) is 21.4 Å². The van der Waals surface area contributed by atoms with Crippen LogP contribution in [0.3, 0.4) is 0 Å². The van der Waals surface area contributed by atoms with Gasteiger partial charge in [-0.2, -0.15) is 0 Å². The average molecular weight is 284 g/mol. The summed E-state index contributed by atoms with van der Waals surface area (Å²) in [5.41, 5.74) is 0.848. The summed E-state index contributed by atoms with van der Waals surface area (Å²) in [6.45, 7) is 6.58. The molecule has 19 heavy (non-hydrogen) atoms. The maximum Gasteiger partial charge on any atom is 0.153 e. The summed E-state index contributed by atoms with van der Waals surface area (Å²) in [5, 5.41) is 10.6. The zero-order valence-electron chi connectivity index (χ0n) is 11.5. The highest BCUT2D eigenvalue weighted by atomic mass is 35.5. The van der Waals surface area contributed by atoms with Gasteiger partial charge in [-0.15, -0.1) is 0 Å². The van der Waals surface area contributed by atoms with Crippen LogP contribution in [0.25, 0.3) is 0 Å². The number of aromatic nitrogens is 2. The van der Waals surface area contributed by atoms with Gasteiger partial charge in [-0.25, -0.2) is 4.98 Å². The lowest BCUT2D eigenvalue weighted by Crippen LogP contribution is -2.33. The standard InChI is InChI=1S/C14H22ClN3O/c1-2-17-8-5-10(6-9-17)14-16-13(15)12-11(19)4-3-7-18(12)14/h10-11,19H,2-9H2,1H3. The fourth-order valence-corrected chi connectivity index (χ4v) is 3.72. The third-order valence-electron chi connectivity index (χ3n) is 4.57. The largest absolute Gasteiger partial charge is 0.387 e. The molecular formula is C14H22ClN3O. The van der Waals surface area contributed by atoms with E-state index in [1.807, 2.05) is 0 Å². The summed E-state index contributed by atoms with van der Waals surface area (Å²) >= 11 is 6.23. The number of aliphatic hydroxyl groups excluding tert-OH is 1. The van der Waals surface area contributed by atoms with Gasteiger partial charge in [0.05, 0.1) is 11.8 Å². The molecule has 5 heteroatoms. The number of hydrogen-bond acceptors (Lipinski definition) is 3. The Morgan fingerprint density at radius 3 is 2.68 bits per heavy atom. The quantitative estimate of drug-likeness (QED) is 0.907. The molecule has 1 fully saturated rings. The van der Waals surface area contributed by atoms with Crippen LogP contribution in [0.5, 0.6) is 0 Å². The summed E-state index contributed by atoms with van der Waals surface area (Å²) in [6.07, 6.45) is 3.69. The van der Waals surface area contributed by atoms with Crippen LogP contribution in [0.4, 0.5) is 0 Å². The SMILES string of the molecule is CCN1CCC(c2nc(Cl)c3n2CCCC3O)CC1. The zero-order chi connectivity index (χ0) is 13.4. The smallest absolute Gasteiger partial charge is 0.153 e. The zero-order valence-corrected chi connectivity index (χ0v) is 12.2. The normalized spacial score (nSPS) is 25.5. The molecule has 0 aromatic carbocycles. The number of aliphatic hydroxyl groups is 1. The van der Waals surface area contributed by atoms with Crippen LogP contribution in [0.2, 0.25) is 5.15 Å². The van der Waals surface area contributed by atoms with E-state index >= 15 is 0 Å². The number of imidazole rings is 1. The Hall–Kier alpha value is -0.580. The van der Waals surface area contributed by atoms with E-state index in [-0.39, 0.29) is 0 Å². The fraction of sp³-hybridized carbons (Fsp3) is 0.786. The Morgan fingerprint density at radius 1 is 1.26 bits per heavy atom. The summed E-state index contributed by atoms with van der Waals surface area (Å²) < 4.78 is 2.18. The van der Waals surface area contributed by atoms with Crippen LogP contribution in [0.1, 0.15) is 56.1 Å². The van der Waals surface area contributed by atoms with E-state index in [4.69, 9.17) is 11.6 Å². The lowest BCUT2D eigenvalue weighted by molar-refractivity contribution is 0.137. The second-order valence-corrected chi connectivity index (χ2v) is 6.02. The van der Waals surface area contributed by atoms with Crippen LogP contribution in [0, 0.1) is 0 Å². The molecule has 1 saturated heterocycles. The fourth-order valence-electron chi connectivity index (χ4n) is 3.40. The highest BCUT2D eigenvalue weighted by molar-refractivity contribution is 6.30. The maximum atomic E-state index is 10.1. The van der Waals surface area contributed by atoms with Crippen molar-refractivity contribution in [3.05, 3.63) is 16.7 Å². The predicted molar refractivity (Wildman–Crippen MR) is 75.5 cm³/mol. The van der Waals surface area contributed by atoms with Gasteiger partial charge in [-0.1, -0.05) is 18.5 Å². The Labute approximate surface area is 119 Å².